The van der Waals surface area contributed by atoms with Crippen molar-refractivity contribution in [2.45, 2.75) is 32.3 Å². The van der Waals surface area contributed by atoms with Crippen LogP contribution in [0, 0.1) is 0 Å². The van der Waals surface area contributed by atoms with Crippen molar-refractivity contribution in [1.82, 2.24) is 4.90 Å². The first-order chi connectivity index (χ1) is 9.38. The molecule has 1 fully saturated rings. The number of rotatable bonds is 7. The predicted octanol–water partition coefficient (Wildman–Crippen LogP) is 2.99. The molecule has 3 heteroatoms. The molecule has 0 saturated carbocycles. The van der Waals surface area contributed by atoms with Crippen molar-refractivity contribution in [3.8, 4) is 0 Å². The van der Waals surface area contributed by atoms with E-state index in [1.54, 1.807) is 0 Å². The zero-order valence-corrected chi connectivity index (χ0v) is 12.0. The Bertz CT molecular complexity index is 340. The lowest BCUT2D eigenvalue weighted by molar-refractivity contribution is 0.00597. The smallest absolute Gasteiger partial charge is 0.0702 e. The van der Waals surface area contributed by atoms with Gasteiger partial charge in [0.25, 0.3) is 0 Å². The van der Waals surface area contributed by atoms with Gasteiger partial charge in [-0.2, -0.15) is 0 Å². The van der Waals surface area contributed by atoms with E-state index < -0.39 is 0 Å². The summed E-state index contributed by atoms with van der Waals surface area (Å²) in [5.41, 5.74) is 1.22. The van der Waals surface area contributed by atoms with Crippen molar-refractivity contribution >= 4 is 5.69 Å². The number of nitrogens with one attached hydrogen (secondary N) is 1. The first kappa shape index (κ1) is 14.4. The van der Waals surface area contributed by atoms with Crippen LogP contribution in [0.25, 0.3) is 0 Å². The van der Waals surface area contributed by atoms with E-state index in [1.807, 2.05) is 6.07 Å². The summed E-state index contributed by atoms with van der Waals surface area (Å²) in [7, 11) is 0. The van der Waals surface area contributed by atoms with E-state index >= 15 is 0 Å². The van der Waals surface area contributed by atoms with Gasteiger partial charge in [-0.3, -0.25) is 0 Å². The molecule has 1 saturated heterocycles. The molecule has 0 spiro atoms. The van der Waals surface area contributed by atoms with Gasteiger partial charge in [-0.1, -0.05) is 18.2 Å². The van der Waals surface area contributed by atoms with Gasteiger partial charge in [-0.15, -0.1) is 0 Å². The highest BCUT2D eigenvalue weighted by atomic mass is 16.5. The minimum absolute atomic E-state index is 0.459. The number of para-hydroxylation sites is 1. The van der Waals surface area contributed by atoms with Gasteiger partial charge in [-0.25, -0.2) is 0 Å². The average Bonchev–Trinajstić information content (AvgIpc) is 2.46. The predicted molar refractivity (Wildman–Crippen MR) is 80.6 cm³/mol. The molecule has 1 aliphatic heterocycles. The Kier molecular flexibility index (Phi) is 6.18. The van der Waals surface area contributed by atoms with Crippen LogP contribution in [0.15, 0.2) is 30.3 Å². The van der Waals surface area contributed by atoms with E-state index in [9.17, 15) is 0 Å². The third-order valence-electron chi connectivity index (χ3n) is 3.62. The van der Waals surface area contributed by atoms with Crippen molar-refractivity contribution in [2.75, 3.05) is 38.1 Å². The first-order valence-electron chi connectivity index (χ1n) is 7.51. The second-order valence-corrected chi connectivity index (χ2v) is 5.17. The SMILES string of the molecule is CCOC1CCCN(CCCNc2ccccc2)C1. The zero-order chi connectivity index (χ0) is 13.3. The van der Waals surface area contributed by atoms with Crippen LogP contribution in [0.3, 0.4) is 0 Å². The molecule has 0 amide bonds. The molecule has 19 heavy (non-hydrogen) atoms. The summed E-state index contributed by atoms with van der Waals surface area (Å²) in [6.07, 6.45) is 4.15. The van der Waals surface area contributed by atoms with Crippen LogP contribution in [-0.4, -0.2) is 43.8 Å². The average molecular weight is 262 g/mol. The van der Waals surface area contributed by atoms with Crippen LogP contribution < -0.4 is 5.32 Å². The number of likely N-dealkylation sites (tertiary alicyclic amines) is 1. The van der Waals surface area contributed by atoms with Crippen molar-refractivity contribution in [3.63, 3.8) is 0 Å². The van der Waals surface area contributed by atoms with Gasteiger partial charge in [0.15, 0.2) is 0 Å². The molecule has 2 rings (SSSR count). The largest absolute Gasteiger partial charge is 0.385 e. The lowest BCUT2D eigenvalue weighted by atomic mass is 10.1. The molecule has 0 aliphatic carbocycles. The van der Waals surface area contributed by atoms with Gasteiger partial charge in [0.05, 0.1) is 6.10 Å². The topological polar surface area (TPSA) is 24.5 Å². The Labute approximate surface area is 116 Å². The zero-order valence-electron chi connectivity index (χ0n) is 12.0. The van der Waals surface area contributed by atoms with E-state index in [-0.39, 0.29) is 0 Å². The van der Waals surface area contributed by atoms with E-state index in [1.165, 1.54) is 38.0 Å². The van der Waals surface area contributed by atoms with Gasteiger partial charge < -0.3 is 15.0 Å². The van der Waals surface area contributed by atoms with E-state index in [4.69, 9.17) is 4.74 Å². The number of hydrogen-bond acceptors (Lipinski definition) is 3. The highest BCUT2D eigenvalue weighted by Crippen LogP contribution is 2.13. The van der Waals surface area contributed by atoms with Gasteiger partial charge in [0.1, 0.15) is 0 Å². The van der Waals surface area contributed by atoms with Crippen LogP contribution >= 0.6 is 0 Å². The van der Waals surface area contributed by atoms with Crippen LogP contribution in [0.1, 0.15) is 26.2 Å². The van der Waals surface area contributed by atoms with Gasteiger partial charge >= 0.3 is 0 Å². The number of hydrogen-bond donors (Lipinski definition) is 1. The maximum absolute atomic E-state index is 5.73. The molecule has 0 radical (unpaired) electrons. The molecule has 1 aromatic carbocycles. The second-order valence-electron chi connectivity index (χ2n) is 5.17. The number of piperidine rings is 1. The lowest BCUT2D eigenvalue weighted by Crippen LogP contribution is -2.40. The fourth-order valence-corrected chi connectivity index (χ4v) is 2.68. The number of ether oxygens (including phenoxy) is 1. The molecule has 1 N–H and O–H groups in total. The summed E-state index contributed by atoms with van der Waals surface area (Å²) < 4.78 is 5.73. The monoisotopic (exact) mass is 262 g/mol. The van der Waals surface area contributed by atoms with E-state index in [2.05, 4.69) is 41.4 Å². The summed E-state index contributed by atoms with van der Waals surface area (Å²) in [6.45, 7) is 7.48. The summed E-state index contributed by atoms with van der Waals surface area (Å²) in [5, 5.41) is 3.46. The molecule has 1 atom stereocenters. The molecule has 3 nitrogen and oxygen atoms in total. The molecular formula is C16H26N2O. The third-order valence-corrected chi connectivity index (χ3v) is 3.62. The maximum atomic E-state index is 5.73. The molecule has 106 valence electrons. The molecule has 0 aromatic heterocycles. The van der Waals surface area contributed by atoms with Gasteiger partial charge in [0, 0.05) is 25.4 Å². The Morgan fingerprint density at radius 3 is 2.95 bits per heavy atom. The van der Waals surface area contributed by atoms with Crippen molar-refractivity contribution < 1.29 is 4.74 Å². The molecule has 1 heterocycles. The summed E-state index contributed by atoms with van der Waals surface area (Å²) in [4.78, 5) is 2.54. The summed E-state index contributed by atoms with van der Waals surface area (Å²) in [5.74, 6) is 0. The van der Waals surface area contributed by atoms with Crippen LogP contribution in [0.2, 0.25) is 0 Å². The molecule has 1 aromatic rings. The van der Waals surface area contributed by atoms with E-state index in [0.717, 1.165) is 19.7 Å². The maximum Gasteiger partial charge on any atom is 0.0702 e. The minimum atomic E-state index is 0.459. The minimum Gasteiger partial charge on any atom is -0.385 e. The summed E-state index contributed by atoms with van der Waals surface area (Å²) >= 11 is 0. The fourth-order valence-electron chi connectivity index (χ4n) is 2.68. The Hall–Kier alpha value is -1.06. The number of anilines is 1. The van der Waals surface area contributed by atoms with Gasteiger partial charge in [0.2, 0.25) is 0 Å². The lowest BCUT2D eigenvalue weighted by Gasteiger charge is -2.32. The first-order valence-corrected chi connectivity index (χ1v) is 7.51. The van der Waals surface area contributed by atoms with E-state index in [0.29, 0.717) is 6.10 Å². The van der Waals surface area contributed by atoms with Crippen LogP contribution in [0.4, 0.5) is 5.69 Å². The second kappa shape index (κ2) is 8.18. The van der Waals surface area contributed by atoms with Crippen molar-refractivity contribution in [1.29, 1.82) is 0 Å². The summed E-state index contributed by atoms with van der Waals surface area (Å²) in [6, 6.07) is 10.4. The Morgan fingerprint density at radius 1 is 1.32 bits per heavy atom. The van der Waals surface area contributed by atoms with Crippen molar-refractivity contribution in [3.05, 3.63) is 30.3 Å². The molecule has 1 unspecified atom stereocenters. The highest BCUT2D eigenvalue weighted by molar-refractivity contribution is 5.42. The van der Waals surface area contributed by atoms with Gasteiger partial charge in [-0.05, 0) is 51.4 Å². The molecule has 0 bridgehead atoms. The third kappa shape index (κ3) is 5.21. The van der Waals surface area contributed by atoms with Crippen LogP contribution in [-0.2, 0) is 4.74 Å². The number of nitrogens with zero attached hydrogens (tertiary/aromatic N) is 1. The highest BCUT2D eigenvalue weighted by Gasteiger charge is 2.19. The Morgan fingerprint density at radius 2 is 2.16 bits per heavy atom. The normalized spacial score (nSPS) is 20.4. The number of benzene rings is 1. The van der Waals surface area contributed by atoms with Crippen molar-refractivity contribution in [2.24, 2.45) is 0 Å². The quantitative estimate of drug-likeness (QED) is 0.765. The Balaban J connectivity index is 1.60. The molecule has 1 aliphatic rings. The fraction of sp³-hybridized carbons (Fsp3) is 0.625. The molecular weight excluding hydrogens is 236 g/mol. The van der Waals surface area contributed by atoms with Crippen LogP contribution in [0.5, 0.6) is 0 Å². The standard InChI is InChI=1S/C16H26N2O/c1-2-19-16-10-6-12-18(14-16)13-7-11-17-15-8-4-3-5-9-15/h3-5,8-9,16-17H,2,6-7,10-14H2,1H3.